The van der Waals surface area contributed by atoms with Gasteiger partial charge >= 0.3 is 6.09 Å². The summed E-state index contributed by atoms with van der Waals surface area (Å²) in [6, 6.07) is 17.2. The van der Waals surface area contributed by atoms with E-state index in [0.29, 0.717) is 0 Å². The number of carboxylic acids is 1. The van der Waals surface area contributed by atoms with Gasteiger partial charge in [-0.2, -0.15) is 0 Å². The number of carbonyl (C=O) groups excluding carboxylic acids is 2. The maximum atomic E-state index is 12.1. The summed E-state index contributed by atoms with van der Waals surface area (Å²) in [5.41, 5.74) is 1.65. The van der Waals surface area contributed by atoms with Gasteiger partial charge in [0.25, 0.3) is 0 Å². The van der Waals surface area contributed by atoms with Gasteiger partial charge in [0.05, 0.1) is 12.0 Å². The first-order chi connectivity index (χ1) is 11.1. The molecule has 0 aliphatic carbocycles. The fourth-order valence-electron chi connectivity index (χ4n) is 2.16. The number of benzene rings is 2. The Hall–Kier alpha value is -2.82. The molecule has 0 aliphatic heterocycles. The minimum absolute atomic E-state index is 0.0924. The Bertz CT molecular complexity index is 643. The topological polar surface area (TPSA) is 69.7 Å². The number of carbonyl (C=O) groups is 2. The molecule has 0 saturated carbocycles. The van der Waals surface area contributed by atoms with Crippen LogP contribution < -0.4 is 5.11 Å². The summed E-state index contributed by atoms with van der Waals surface area (Å²) in [4.78, 5) is 24.5. The van der Waals surface area contributed by atoms with Crippen molar-refractivity contribution in [2.24, 2.45) is 0 Å². The van der Waals surface area contributed by atoms with Crippen LogP contribution in [0.2, 0.25) is 0 Å². The molecule has 0 unspecified atom stereocenters. The molecule has 0 fully saturated rings. The highest BCUT2D eigenvalue weighted by molar-refractivity contribution is 5.78. The number of likely N-dealkylation sites (N-methyl/N-ethyl adjacent to an activating group) is 1. The molecule has 2 aromatic rings. The third kappa shape index (κ3) is 4.85. The highest BCUT2D eigenvalue weighted by Crippen LogP contribution is 2.10. The molecule has 2 rings (SSSR count). The number of carboxylic acid groups (broad SMARTS) is 1. The Morgan fingerprint density at radius 1 is 1.00 bits per heavy atom. The summed E-state index contributed by atoms with van der Waals surface area (Å²) in [7, 11) is 1.40. The largest absolute Gasteiger partial charge is 0.548 e. The van der Waals surface area contributed by atoms with Gasteiger partial charge in [-0.15, -0.1) is 0 Å². The molecule has 120 valence electrons. The van der Waals surface area contributed by atoms with Crippen molar-refractivity contribution in [1.29, 1.82) is 0 Å². The number of aliphatic carboxylic acids is 1. The van der Waals surface area contributed by atoms with Crippen LogP contribution in [-0.2, 0) is 22.6 Å². The van der Waals surface area contributed by atoms with Crippen molar-refractivity contribution in [3.63, 3.8) is 0 Å². The molecule has 1 atom stereocenters. The molecule has 5 nitrogen and oxygen atoms in total. The van der Waals surface area contributed by atoms with Gasteiger partial charge < -0.3 is 19.5 Å². The molecule has 23 heavy (non-hydrogen) atoms. The third-order valence-electron chi connectivity index (χ3n) is 3.50. The van der Waals surface area contributed by atoms with Crippen molar-refractivity contribution in [3.05, 3.63) is 71.8 Å². The Kier molecular flexibility index (Phi) is 5.74. The lowest BCUT2D eigenvalue weighted by atomic mass is 10.1. The average molecular weight is 312 g/mol. The predicted octanol–water partition coefficient (Wildman–Crippen LogP) is 1.62. The molecular weight excluding hydrogens is 294 g/mol. The van der Waals surface area contributed by atoms with Crippen LogP contribution in [0.3, 0.4) is 0 Å². The summed E-state index contributed by atoms with van der Waals surface area (Å²) >= 11 is 0. The van der Waals surface area contributed by atoms with E-state index >= 15 is 0 Å². The van der Waals surface area contributed by atoms with Crippen LogP contribution in [0.4, 0.5) is 4.79 Å². The molecule has 0 N–H and O–H groups in total. The van der Waals surface area contributed by atoms with Gasteiger partial charge in [-0.3, -0.25) is 0 Å². The van der Waals surface area contributed by atoms with Gasteiger partial charge in [0.15, 0.2) is 0 Å². The zero-order chi connectivity index (χ0) is 16.7. The van der Waals surface area contributed by atoms with E-state index in [0.717, 1.165) is 16.0 Å². The van der Waals surface area contributed by atoms with Crippen LogP contribution in [0.25, 0.3) is 0 Å². The maximum absolute atomic E-state index is 12.1. The van der Waals surface area contributed by atoms with Crippen LogP contribution in [0.15, 0.2) is 60.7 Å². The molecule has 0 saturated heterocycles. The van der Waals surface area contributed by atoms with E-state index in [1.165, 1.54) is 7.05 Å². The number of hydrogen-bond donors (Lipinski definition) is 0. The average Bonchev–Trinajstić information content (AvgIpc) is 2.58. The highest BCUT2D eigenvalue weighted by atomic mass is 16.6. The van der Waals surface area contributed by atoms with Crippen molar-refractivity contribution in [2.75, 3.05) is 7.05 Å². The second kappa shape index (κ2) is 7.98. The predicted molar refractivity (Wildman–Crippen MR) is 83.3 cm³/mol. The third-order valence-corrected chi connectivity index (χ3v) is 3.50. The summed E-state index contributed by atoms with van der Waals surface area (Å²) < 4.78 is 5.15. The van der Waals surface area contributed by atoms with Crippen LogP contribution >= 0.6 is 0 Å². The molecule has 1 amide bonds. The maximum Gasteiger partial charge on any atom is 0.410 e. The van der Waals surface area contributed by atoms with E-state index in [9.17, 15) is 14.7 Å². The van der Waals surface area contributed by atoms with Gasteiger partial charge in [-0.1, -0.05) is 60.7 Å². The monoisotopic (exact) mass is 312 g/mol. The van der Waals surface area contributed by atoms with Crippen molar-refractivity contribution in [3.8, 4) is 0 Å². The van der Waals surface area contributed by atoms with Crippen molar-refractivity contribution < 1.29 is 19.4 Å². The van der Waals surface area contributed by atoms with Gasteiger partial charge in [-0.05, 0) is 17.5 Å². The first-order valence-electron chi connectivity index (χ1n) is 7.26. The first-order valence-corrected chi connectivity index (χ1v) is 7.26. The molecule has 0 aromatic heterocycles. The second-order valence-electron chi connectivity index (χ2n) is 5.18. The van der Waals surface area contributed by atoms with E-state index in [4.69, 9.17) is 4.74 Å². The van der Waals surface area contributed by atoms with Crippen molar-refractivity contribution in [2.45, 2.75) is 19.1 Å². The van der Waals surface area contributed by atoms with Gasteiger partial charge in [0.2, 0.25) is 0 Å². The molecule has 0 heterocycles. The van der Waals surface area contributed by atoms with Crippen LogP contribution in [0.1, 0.15) is 11.1 Å². The standard InChI is InChI=1S/C18H19NO4/c1-19(18(22)23-13-15-10-6-3-7-11-15)16(17(20)21)12-14-8-4-2-5-9-14/h2-11,16H,12-13H2,1H3,(H,20,21)/p-1/t16-/m0/s1. The second-order valence-corrected chi connectivity index (χ2v) is 5.18. The quantitative estimate of drug-likeness (QED) is 0.812. The summed E-state index contributed by atoms with van der Waals surface area (Å²) in [5, 5.41) is 11.4. The van der Waals surface area contributed by atoms with Crippen molar-refractivity contribution >= 4 is 12.1 Å². The van der Waals surface area contributed by atoms with Crippen LogP contribution in [0, 0.1) is 0 Å². The lowest BCUT2D eigenvalue weighted by molar-refractivity contribution is -0.310. The van der Waals surface area contributed by atoms with E-state index in [-0.39, 0.29) is 13.0 Å². The van der Waals surface area contributed by atoms with Crippen LogP contribution in [-0.4, -0.2) is 30.1 Å². The number of nitrogens with zero attached hydrogens (tertiary/aromatic N) is 1. The zero-order valence-electron chi connectivity index (χ0n) is 12.8. The van der Waals surface area contributed by atoms with Gasteiger partial charge in [0, 0.05) is 7.05 Å². The summed E-state index contributed by atoms with van der Waals surface area (Å²) in [5.74, 6) is -1.31. The molecule has 5 heteroatoms. The van der Waals surface area contributed by atoms with E-state index in [1.54, 1.807) is 12.1 Å². The Balaban J connectivity index is 1.98. The summed E-state index contributed by atoms with van der Waals surface area (Å²) in [6.07, 6.45) is -0.529. The molecule has 0 spiro atoms. The highest BCUT2D eigenvalue weighted by Gasteiger charge is 2.22. The Morgan fingerprint density at radius 2 is 1.52 bits per heavy atom. The first kappa shape index (κ1) is 16.5. The van der Waals surface area contributed by atoms with E-state index < -0.39 is 18.1 Å². The molecule has 0 radical (unpaired) electrons. The molecule has 0 aliphatic rings. The molecule has 2 aromatic carbocycles. The smallest absolute Gasteiger partial charge is 0.410 e. The fraction of sp³-hybridized carbons (Fsp3) is 0.222. The fourth-order valence-corrected chi connectivity index (χ4v) is 2.16. The number of amides is 1. The minimum atomic E-state index is -1.31. The van der Waals surface area contributed by atoms with Crippen molar-refractivity contribution in [1.82, 2.24) is 4.90 Å². The lowest BCUT2D eigenvalue weighted by Crippen LogP contribution is -2.50. The van der Waals surface area contributed by atoms with E-state index in [2.05, 4.69) is 0 Å². The summed E-state index contributed by atoms with van der Waals surface area (Å²) in [6.45, 7) is 0.0924. The molecular formula is C18H18NO4-. The van der Waals surface area contributed by atoms with Gasteiger partial charge in [0.1, 0.15) is 6.61 Å². The number of rotatable bonds is 6. The molecule has 0 bridgehead atoms. The van der Waals surface area contributed by atoms with Gasteiger partial charge in [-0.25, -0.2) is 4.79 Å². The SMILES string of the molecule is CN(C(=O)OCc1ccccc1)[C@@H](Cc1ccccc1)C(=O)[O-]. The number of hydrogen-bond acceptors (Lipinski definition) is 4. The normalized spacial score (nSPS) is 11.5. The Labute approximate surface area is 135 Å². The minimum Gasteiger partial charge on any atom is -0.548 e. The lowest BCUT2D eigenvalue weighted by Gasteiger charge is -2.28. The van der Waals surface area contributed by atoms with Crippen LogP contribution in [0.5, 0.6) is 0 Å². The Morgan fingerprint density at radius 3 is 2.04 bits per heavy atom. The zero-order valence-corrected chi connectivity index (χ0v) is 12.8. The number of ether oxygens (including phenoxy) is 1. The van der Waals surface area contributed by atoms with E-state index in [1.807, 2.05) is 48.5 Å².